The summed E-state index contributed by atoms with van der Waals surface area (Å²) in [5, 5.41) is 0.963. The smallest absolute Gasteiger partial charge is 0.212 e. The molecule has 0 aliphatic carbocycles. The van der Waals surface area contributed by atoms with Gasteiger partial charge in [-0.3, -0.25) is 0 Å². The van der Waals surface area contributed by atoms with Gasteiger partial charge in [0, 0.05) is 18.4 Å². The van der Waals surface area contributed by atoms with Gasteiger partial charge in [0.15, 0.2) is 0 Å². The van der Waals surface area contributed by atoms with E-state index in [1.807, 2.05) is 20.8 Å². The van der Waals surface area contributed by atoms with Gasteiger partial charge in [-0.2, -0.15) is 0 Å². The van der Waals surface area contributed by atoms with E-state index in [1.165, 1.54) is 0 Å². The van der Waals surface area contributed by atoms with Crippen LogP contribution >= 0.6 is 15.9 Å². The second-order valence-electron chi connectivity index (χ2n) is 6.16. The molecule has 0 saturated carbocycles. The third-order valence-electron chi connectivity index (χ3n) is 3.01. The second-order valence-corrected chi connectivity index (χ2v) is 8.92. The van der Waals surface area contributed by atoms with E-state index in [1.54, 1.807) is 4.31 Å². The zero-order chi connectivity index (χ0) is 13.1. The summed E-state index contributed by atoms with van der Waals surface area (Å²) in [7, 11) is -3.07. The van der Waals surface area contributed by atoms with E-state index in [2.05, 4.69) is 15.9 Å². The highest BCUT2D eigenvalue weighted by Crippen LogP contribution is 2.25. The predicted octanol–water partition coefficient (Wildman–Crippen LogP) is 2.86. The molecule has 3 nitrogen and oxygen atoms in total. The van der Waals surface area contributed by atoms with Crippen LogP contribution in [-0.4, -0.2) is 36.9 Å². The van der Waals surface area contributed by atoms with E-state index in [4.69, 9.17) is 0 Å². The minimum Gasteiger partial charge on any atom is -0.212 e. The minimum atomic E-state index is -3.07. The lowest BCUT2D eigenvalue weighted by atomic mass is 9.97. The van der Waals surface area contributed by atoms with Gasteiger partial charge >= 0.3 is 0 Å². The largest absolute Gasteiger partial charge is 0.214 e. The van der Waals surface area contributed by atoms with Crippen LogP contribution in [0.5, 0.6) is 0 Å². The molecule has 1 aliphatic rings. The number of halogens is 1. The van der Waals surface area contributed by atoms with Gasteiger partial charge < -0.3 is 0 Å². The lowest BCUT2D eigenvalue weighted by Crippen LogP contribution is -2.43. The Labute approximate surface area is 114 Å². The quantitative estimate of drug-likeness (QED) is 0.745. The Balaban J connectivity index is 2.65. The number of hydrogen-bond donors (Lipinski definition) is 0. The van der Waals surface area contributed by atoms with Crippen molar-refractivity contribution in [1.29, 1.82) is 0 Å². The zero-order valence-corrected chi connectivity index (χ0v) is 13.5. The lowest BCUT2D eigenvalue weighted by molar-refractivity contribution is 0.260. The van der Waals surface area contributed by atoms with Crippen LogP contribution in [-0.2, 0) is 10.0 Å². The molecule has 1 atom stereocenters. The van der Waals surface area contributed by atoms with Gasteiger partial charge in [0.1, 0.15) is 0 Å². The van der Waals surface area contributed by atoms with Crippen molar-refractivity contribution in [2.24, 2.45) is 11.3 Å². The van der Waals surface area contributed by atoms with Crippen molar-refractivity contribution in [2.45, 2.75) is 40.0 Å². The van der Waals surface area contributed by atoms with Crippen LogP contribution in [0.2, 0.25) is 0 Å². The summed E-state index contributed by atoms with van der Waals surface area (Å²) in [5.41, 5.74) is -0.165. The minimum absolute atomic E-state index is 0.165. The third-order valence-corrected chi connectivity index (χ3v) is 5.81. The van der Waals surface area contributed by atoms with Crippen LogP contribution in [0.1, 0.15) is 40.0 Å². The summed E-state index contributed by atoms with van der Waals surface area (Å²) in [6.45, 7) is 7.35. The number of nitrogens with zero attached hydrogens (tertiary/aromatic N) is 1. The van der Waals surface area contributed by atoms with Crippen molar-refractivity contribution >= 4 is 26.0 Å². The highest BCUT2D eigenvalue weighted by Gasteiger charge is 2.31. The van der Waals surface area contributed by atoms with Crippen molar-refractivity contribution in [3.63, 3.8) is 0 Å². The van der Waals surface area contributed by atoms with Crippen molar-refractivity contribution < 1.29 is 8.42 Å². The Kier molecular flexibility index (Phi) is 5.47. The molecule has 0 N–H and O–H groups in total. The van der Waals surface area contributed by atoms with Gasteiger partial charge in [-0.1, -0.05) is 36.7 Å². The van der Waals surface area contributed by atoms with E-state index in [0.29, 0.717) is 19.0 Å². The van der Waals surface area contributed by atoms with E-state index in [-0.39, 0.29) is 11.2 Å². The maximum Gasteiger partial charge on any atom is 0.214 e. The van der Waals surface area contributed by atoms with Crippen molar-refractivity contribution in [2.75, 3.05) is 24.2 Å². The molecular weight excluding hydrogens is 302 g/mol. The van der Waals surface area contributed by atoms with Crippen LogP contribution in [0.25, 0.3) is 0 Å². The number of hydrogen-bond acceptors (Lipinski definition) is 2. The van der Waals surface area contributed by atoms with Gasteiger partial charge in [-0.15, -0.1) is 0 Å². The molecule has 1 fully saturated rings. The zero-order valence-electron chi connectivity index (χ0n) is 11.1. The first-order valence-corrected chi connectivity index (χ1v) is 9.01. The Morgan fingerprint density at radius 2 is 2.00 bits per heavy atom. The van der Waals surface area contributed by atoms with Crippen molar-refractivity contribution in [3.8, 4) is 0 Å². The molecule has 0 aromatic carbocycles. The Bertz CT molecular complexity index is 333. The molecule has 0 bridgehead atoms. The summed E-state index contributed by atoms with van der Waals surface area (Å²) in [4.78, 5) is 0. The molecule has 17 heavy (non-hydrogen) atoms. The highest BCUT2D eigenvalue weighted by atomic mass is 79.9. The fourth-order valence-electron chi connectivity index (χ4n) is 2.31. The van der Waals surface area contributed by atoms with Gasteiger partial charge in [0.25, 0.3) is 0 Å². The number of alkyl halides is 1. The molecule has 1 rings (SSSR count). The molecule has 5 heteroatoms. The van der Waals surface area contributed by atoms with E-state index in [0.717, 1.165) is 24.6 Å². The molecule has 1 saturated heterocycles. The van der Waals surface area contributed by atoms with Gasteiger partial charge in [0.2, 0.25) is 10.0 Å². The van der Waals surface area contributed by atoms with Gasteiger partial charge in [-0.25, -0.2) is 12.7 Å². The van der Waals surface area contributed by atoms with Crippen LogP contribution < -0.4 is 0 Å². The van der Waals surface area contributed by atoms with Crippen LogP contribution in [0.15, 0.2) is 0 Å². The molecule has 0 radical (unpaired) electrons. The van der Waals surface area contributed by atoms with E-state index >= 15 is 0 Å². The van der Waals surface area contributed by atoms with Crippen LogP contribution in [0.3, 0.4) is 0 Å². The third kappa shape index (κ3) is 5.26. The Morgan fingerprint density at radius 3 is 2.53 bits per heavy atom. The molecular formula is C12H24BrNO2S. The fourth-order valence-corrected chi connectivity index (χ4v) is 5.08. The van der Waals surface area contributed by atoms with E-state index < -0.39 is 10.0 Å². The number of rotatable bonds is 4. The molecule has 0 spiro atoms. The molecule has 0 aromatic rings. The van der Waals surface area contributed by atoms with Crippen LogP contribution in [0.4, 0.5) is 0 Å². The average Bonchev–Trinajstić information content (AvgIpc) is 2.15. The second kappa shape index (κ2) is 6.02. The first-order valence-electron chi connectivity index (χ1n) is 6.28. The first kappa shape index (κ1) is 15.4. The van der Waals surface area contributed by atoms with Crippen molar-refractivity contribution in [3.05, 3.63) is 0 Å². The average molecular weight is 326 g/mol. The van der Waals surface area contributed by atoms with E-state index in [9.17, 15) is 8.42 Å². The van der Waals surface area contributed by atoms with Crippen molar-refractivity contribution in [1.82, 2.24) is 4.31 Å². The summed E-state index contributed by atoms with van der Waals surface area (Å²) < 4.78 is 26.2. The topological polar surface area (TPSA) is 37.4 Å². The van der Waals surface area contributed by atoms with Gasteiger partial charge in [-0.05, 0) is 30.6 Å². The summed E-state index contributed by atoms with van der Waals surface area (Å²) >= 11 is 3.44. The standard InChI is InChI=1S/C12H24BrNO2S/c1-12(2,3)10-17(15,16)14-8-4-5-11(9-14)6-7-13/h11H,4-10H2,1-3H3. The number of piperidine rings is 1. The predicted molar refractivity (Wildman–Crippen MR) is 75.9 cm³/mol. The molecule has 1 aliphatic heterocycles. The van der Waals surface area contributed by atoms with Crippen LogP contribution in [0, 0.1) is 11.3 Å². The fraction of sp³-hybridized carbons (Fsp3) is 1.00. The molecule has 102 valence electrons. The lowest BCUT2D eigenvalue weighted by Gasteiger charge is -2.33. The monoisotopic (exact) mass is 325 g/mol. The summed E-state index contributed by atoms with van der Waals surface area (Å²) in [5.74, 6) is 0.777. The first-order chi connectivity index (χ1) is 7.74. The normalized spacial score (nSPS) is 23.9. The maximum atomic E-state index is 12.3. The Hall–Kier alpha value is 0.390. The molecule has 1 heterocycles. The summed E-state index contributed by atoms with van der Waals surface area (Å²) in [6, 6.07) is 0. The maximum absolute atomic E-state index is 12.3. The molecule has 0 aromatic heterocycles. The molecule has 0 amide bonds. The Morgan fingerprint density at radius 1 is 1.35 bits per heavy atom. The van der Waals surface area contributed by atoms with Gasteiger partial charge in [0.05, 0.1) is 5.75 Å². The highest BCUT2D eigenvalue weighted by molar-refractivity contribution is 9.09. The summed E-state index contributed by atoms with van der Waals surface area (Å²) in [6.07, 6.45) is 3.23. The SMILES string of the molecule is CC(C)(C)CS(=O)(=O)N1CCCC(CCBr)C1. The number of sulfonamides is 1. The molecule has 1 unspecified atom stereocenters.